The second kappa shape index (κ2) is 10.1. The van der Waals surface area contributed by atoms with Crippen molar-refractivity contribution in [3.63, 3.8) is 0 Å². The van der Waals surface area contributed by atoms with Gasteiger partial charge in [-0.3, -0.25) is 19.0 Å². The molecule has 37 heavy (non-hydrogen) atoms. The van der Waals surface area contributed by atoms with Crippen LogP contribution >= 0.6 is 22.2 Å². The van der Waals surface area contributed by atoms with Gasteiger partial charge in [0, 0.05) is 46.2 Å². The van der Waals surface area contributed by atoms with Crippen molar-refractivity contribution >= 4 is 44.9 Å². The lowest BCUT2D eigenvalue weighted by Gasteiger charge is -2.65. The average molecular weight is 539 g/mol. The number of aromatic amines is 1. The minimum atomic E-state index is -3.39. The van der Waals surface area contributed by atoms with E-state index in [0.717, 1.165) is 5.39 Å². The summed E-state index contributed by atoms with van der Waals surface area (Å²) in [5.74, 6) is -1.23. The van der Waals surface area contributed by atoms with Gasteiger partial charge < -0.3 is 35.3 Å². The molecule has 0 radical (unpaired) electrons. The maximum atomic E-state index is 13.0. The maximum Gasteiger partial charge on any atom is 0.255 e. The fourth-order valence-electron chi connectivity index (χ4n) is 4.45. The van der Waals surface area contributed by atoms with Crippen molar-refractivity contribution < 1.29 is 18.7 Å². The van der Waals surface area contributed by atoms with Crippen LogP contribution in [0.3, 0.4) is 0 Å². The number of sulfone groups is 1. The number of hydrogen-bond acceptors (Lipinski definition) is 5. The zero-order chi connectivity index (χ0) is 26.2. The van der Waals surface area contributed by atoms with E-state index in [4.69, 9.17) is 11.6 Å². The molecule has 2 aromatic heterocycles. The second-order valence-electron chi connectivity index (χ2n) is 8.92. The van der Waals surface area contributed by atoms with Gasteiger partial charge in [0.05, 0.1) is 17.1 Å². The number of carbonyl (C=O) groups excluding carboxylic acids is 2. The van der Waals surface area contributed by atoms with E-state index in [1.54, 1.807) is 67.0 Å². The summed E-state index contributed by atoms with van der Waals surface area (Å²) in [6.45, 7) is 0. The Morgan fingerprint density at radius 2 is 1.68 bits per heavy atom. The van der Waals surface area contributed by atoms with Gasteiger partial charge in [-0.25, -0.2) is 0 Å². The summed E-state index contributed by atoms with van der Waals surface area (Å²) in [5, 5.41) is 7.00. The lowest BCUT2D eigenvalue weighted by atomic mass is 10.0. The SMILES string of the molecule is O=C(NC1CCS([O-])([O-])CC1NC(=O)c1ccc(-n2ccccc2=O)cc1)c1ccc2c(Cl)c[nH]c2c1. The Bertz CT molecular complexity index is 1530. The van der Waals surface area contributed by atoms with Crippen molar-refractivity contribution in [2.24, 2.45) is 0 Å². The molecule has 0 saturated carbocycles. The molecule has 0 spiro atoms. The quantitative estimate of drug-likeness (QED) is 0.357. The van der Waals surface area contributed by atoms with E-state index in [9.17, 15) is 23.5 Å². The first-order chi connectivity index (χ1) is 17.7. The Kier molecular flexibility index (Phi) is 6.82. The molecule has 1 fully saturated rings. The van der Waals surface area contributed by atoms with E-state index in [2.05, 4.69) is 15.6 Å². The molecule has 5 rings (SSSR count). The van der Waals surface area contributed by atoms with Gasteiger partial charge in [0.1, 0.15) is 0 Å². The topological polar surface area (TPSA) is 142 Å². The zero-order valence-electron chi connectivity index (χ0n) is 19.5. The predicted molar refractivity (Wildman–Crippen MR) is 141 cm³/mol. The van der Waals surface area contributed by atoms with Crippen LogP contribution in [-0.4, -0.2) is 54.1 Å². The molecule has 3 heterocycles. The molecule has 0 aliphatic carbocycles. The summed E-state index contributed by atoms with van der Waals surface area (Å²) >= 11 is 6.11. The monoisotopic (exact) mass is 538 g/mol. The third kappa shape index (κ3) is 5.42. The number of amides is 2. The van der Waals surface area contributed by atoms with Crippen LogP contribution in [0.4, 0.5) is 0 Å². The van der Waals surface area contributed by atoms with Crippen LogP contribution in [0.15, 0.2) is 77.9 Å². The third-order valence-corrected chi connectivity index (χ3v) is 8.45. The largest absolute Gasteiger partial charge is 0.800 e. The minimum Gasteiger partial charge on any atom is -0.800 e. The molecule has 0 bridgehead atoms. The Balaban J connectivity index is 1.31. The summed E-state index contributed by atoms with van der Waals surface area (Å²) in [6.07, 6.45) is 3.43. The smallest absolute Gasteiger partial charge is 0.255 e. The lowest BCUT2D eigenvalue weighted by Crippen LogP contribution is -2.57. The number of nitrogens with one attached hydrogen (secondary N) is 3. The molecule has 1 aliphatic heterocycles. The van der Waals surface area contributed by atoms with Crippen LogP contribution in [-0.2, 0) is 0 Å². The van der Waals surface area contributed by atoms with E-state index in [1.807, 2.05) is 0 Å². The highest BCUT2D eigenvalue weighted by atomic mass is 35.5. The summed E-state index contributed by atoms with van der Waals surface area (Å²) in [7, 11) is -3.39. The van der Waals surface area contributed by atoms with E-state index >= 15 is 0 Å². The predicted octanol–water partition coefficient (Wildman–Crippen LogP) is 3.34. The number of hydrogen-bond donors (Lipinski definition) is 3. The van der Waals surface area contributed by atoms with Crippen LogP contribution < -0.4 is 16.2 Å². The van der Waals surface area contributed by atoms with Gasteiger partial charge in [-0.2, -0.15) is 0 Å². The van der Waals surface area contributed by atoms with E-state index in [0.29, 0.717) is 27.4 Å². The van der Waals surface area contributed by atoms with Gasteiger partial charge in [-0.15, -0.1) is 0 Å². The molecular weight excluding hydrogens is 516 g/mol. The summed E-state index contributed by atoms with van der Waals surface area (Å²) in [6, 6.07) is 14.9. The highest BCUT2D eigenvalue weighted by molar-refractivity contribution is 8.24. The van der Waals surface area contributed by atoms with Crippen molar-refractivity contribution in [3.05, 3.63) is 99.6 Å². The number of fused-ring (bicyclic) bond motifs is 1. The van der Waals surface area contributed by atoms with Crippen LogP contribution in [0, 0.1) is 0 Å². The molecule has 2 unspecified atom stereocenters. The second-order valence-corrected chi connectivity index (χ2v) is 11.6. The van der Waals surface area contributed by atoms with Gasteiger partial charge in [0.2, 0.25) is 0 Å². The molecular formula is C26H23ClN4O5S-2. The molecule has 3 N–H and O–H groups in total. The van der Waals surface area contributed by atoms with Crippen molar-refractivity contribution in [2.45, 2.75) is 18.5 Å². The number of H-pyrrole nitrogens is 1. The first kappa shape index (κ1) is 25.1. The lowest BCUT2D eigenvalue weighted by molar-refractivity contribution is 0.0883. The number of rotatable bonds is 5. The van der Waals surface area contributed by atoms with Crippen molar-refractivity contribution in [3.8, 4) is 5.69 Å². The van der Waals surface area contributed by atoms with E-state index in [1.165, 1.54) is 10.6 Å². The number of pyridine rings is 1. The average Bonchev–Trinajstić information content (AvgIpc) is 3.25. The highest BCUT2D eigenvalue weighted by Gasteiger charge is 2.30. The standard InChI is InChI=1S/C26H25ClN4O5S/c27-20-14-28-22-13-17(6-9-19(20)22)26(34)29-21-10-12-37(35,36)15-23(21)30-25(33)16-4-7-18(8-5-16)31-11-2-1-3-24(31)32/h1-9,11,13-14,21,23,28,35-36H,10,12,15H2,(H,29,34)(H,30,33)/p-2. The fourth-order valence-corrected chi connectivity index (χ4v) is 6.31. The van der Waals surface area contributed by atoms with Gasteiger partial charge in [0.25, 0.3) is 17.4 Å². The van der Waals surface area contributed by atoms with Crippen molar-refractivity contribution in [1.29, 1.82) is 0 Å². The number of halogens is 1. The van der Waals surface area contributed by atoms with Crippen molar-refractivity contribution in [1.82, 2.24) is 20.2 Å². The molecule has 2 atom stereocenters. The molecule has 2 aromatic carbocycles. The number of nitrogens with zero attached hydrogens (tertiary/aromatic N) is 1. The molecule has 1 aliphatic rings. The summed E-state index contributed by atoms with van der Waals surface area (Å²) in [5.41, 5.74) is 1.78. The normalized spacial score (nSPS) is 19.8. The van der Waals surface area contributed by atoms with E-state index in [-0.39, 0.29) is 29.4 Å². The van der Waals surface area contributed by atoms with Crippen LogP contribution in [0.2, 0.25) is 5.02 Å². The Labute approximate surface area is 218 Å². The number of benzene rings is 2. The van der Waals surface area contributed by atoms with Crippen molar-refractivity contribution in [2.75, 3.05) is 11.5 Å². The molecule has 9 nitrogen and oxygen atoms in total. The Hall–Kier alpha value is -3.57. The zero-order valence-corrected chi connectivity index (χ0v) is 21.1. The van der Waals surface area contributed by atoms with Crippen LogP contribution in [0.25, 0.3) is 16.6 Å². The Morgan fingerprint density at radius 1 is 0.973 bits per heavy atom. The molecule has 11 heteroatoms. The maximum absolute atomic E-state index is 13.0. The highest BCUT2D eigenvalue weighted by Crippen LogP contribution is 2.43. The summed E-state index contributed by atoms with van der Waals surface area (Å²) in [4.78, 5) is 41.0. The fraction of sp³-hybridized carbons (Fsp3) is 0.192. The Morgan fingerprint density at radius 3 is 2.43 bits per heavy atom. The van der Waals surface area contributed by atoms with Gasteiger partial charge >= 0.3 is 0 Å². The first-order valence-corrected chi connectivity index (χ1v) is 13.8. The third-order valence-electron chi connectivity index (χ3n) is 6.42. The number of carbonyl (C=O) groups is 2. The van der Waals surface area contributed by atoms with E-state index < -0.39 is 28.6 Å². The van der Waals surface area contributed by atoms with Crippen LogP contribution in [0.1, 0.15) is 27.1 Å². The molecule has 192 valence electrons. The van der Waals surface area contributed by atoms with Gasteiger partial charge in [-0.05, 0) is 60.4 Å². The van der Waals surface area contributed by atoms with Crippen LogP contribution in [0.5, 0.6) is 0 Å². The molecule has 1 saturated heterocycles. The molecule has 2 amide bonds. The van der Waals surface area contributed by atoms with Gasteiger partial charge in [-0.1, -0.05) is 23.7 Å². The minimum absolute atomic E-state index is 0.0872. The number of aromatic nitrogens is 2. The summed E-state index contributed by atoms with van der Waals surface area (Å²) < 4.78 is 26.1. The molecule has 4 aromatic rings. The first-order valence-electron chi connectivity index (χ1n) is 11.6. The van der Waals surface area contributed by atoms with Gasteiger partial charge in [0.15, 0.2) is 0 Å².